The fraction of sp³-hybridized carbons (Fsp3) is 0.400. The van der Waals surface area contributed by atoms with Crippen molar-refractivity contribution in [3.8, 4) is 0 Å². The maximum absolute atomic E-state index is 5.36. The van der Waals surface area contributed by atoms with Crippen molar-refractivity contribution in [1.29, 1.82) is 0 Å². The number of rotatable bonds is 7. The third kappa shape index (κ3) is 5.08. The van der Waals surface area contributed by atoms with Gasteiger partial charge in [0, 0.05) is 12.7 Å². The van der Waals surface area contributed by atoms with Crippen molar-refractivity contribution >= 4 is 28.4 Å². The van der Waals surface area contributed by atoms with Crippen LogP contribution in [0, 0.1) is 3.57 Å². The normalized spacial score (nSPS) is 9.93. The maximum Gasteiger partial charge on any atom is 0.142 e. The summed E-state index contributed by atoms with van der Waals surface area (Å²) in [6, 6.07) is 0. The average Bonchev–Trinajstić information content (AvgIpc) is 2.25. The molecule has 0 spiro atoms. The molecule has 0 fully saturated rings. The van der Waals surface area contributed by atoms with Gasteiger partial charge in [0.25, 0.3) is 0 Å². The summed E-state index contributed by atoms with van der Waals surface area (Å²) < 4.78 is 6.37. The predicted octanol–water partition coefficient (Wildman–Crippen LogP) is 2.09. The van der Waals surface area contributed by atoms with Crippen LogP contribution in [-0.4, -0.2) is 29.7 Å². The number of hydrogen-bond acceptors (Lipinski definition) is 4. The average molecular weight is 319 g/mol. The molecule has 0 saturated heterocycles. The minimum absolute atomic E-state index is 0.675. The highest BCUT2D eigenvalue weighted by molar-refractivity contribution is 14.1. The zero-order valence-corrected chi connectivity index (χ0v) is 10.6. The Kier molecular flexibility index (Phi) is 6.26. The number of anilines is 1. The molecule has 0 bridgehead atoms. The lowest BCUT2D eigenvalue weighted by Crippen LogP contribution is -2.11. The quantitative estimate of drug-likeness (QED) is 0.475. The number of halogens is 1. The van der Waals surface area contributed by atoms with E-state index in [2.05, 4.69) is 44.5 Å². The summed E-state index contributed by atoms with van der Waals surface area (Å²) in [4.78, 5) is 8.02. The van der Waals surface area contributed by atoms with E-state index in [0.29, 0.717) is 6.61 Å². The number of hydrogen-bond donors (Lipinski definition) is 1. The fourth-order valence-electron chi connectivity index (χ4n) is 0.953. The van der Waals surface area contributed by atoms with E-state index in [1.807, 2.05) is 6.08 Å². The first kappa shape index (κ1) is 12.4. The van der Waals surface area contributed by atoms with Crippen molar-refractivity contribution in [3.63, 3.8) is 0 Å². The van der Waals surface area contributed by atoms with Gasteiger partial charge in [0.15, 0.2) is 0 Å². The van der Waals surface area contributed by atoms with E-state index >= 15 is 0 Å². The van der Waals surface area contributed by atoms with Gasteiger partial charge in [-0.15, -0.1) is 6.58 Å². The van der Waals surface area contributed by atoms with Crippen LogP contribution in [0.5, 0.6) is 0 Å². The monoisotopic (exact) mass is 319 g/mol. The standard InChI is InChI=1S/C10H14IN3O/c1-2-3-5-15-6-4-13-10-9(11)7-12-8-14-10/h2,7-8H,1,3-6H2,(H,12,13,14). The van der Waals surface area contributed by atoms with Gasteiger partial charge in [-0.2, -0.15) is 0 Å². The molecule has 4 nitrogen and oxygen atoms in total. The van der Waals surface area contributed by atoms with Gasteiger partial charge in [0.1, 0.15) is 12.1 Å². The highest BCUT2D eigenvalue weighted by Crippen LogP contribution is 2.11. The van der Waals surface area contributed by atoms with Crippen molar-refractivity contribution in [3.05, 3.63) is 28.7 Å². The molecule has 0 aliphatic rings. The molecule has 15 heavy (non-hydrogen) atoms. The molecule has 0 radical (unpaired) electrons. The Morgan fingerprint density at radius 3 is 3.13 bits per heavy atom. The molecule has 5 heteroatoms. The summed E-state index contributed by atoms with van der Waals surface area (Å²) in [5.74, 6) is 0.859. The predicted molar refractivity (Wildman–Crippen MR) is 68.9 cm³/mol. The zero-order valence-electron chi connectivity index (χ0n) is 8.45. The lowest BCUT2D eigenvalue weighted by atomic mass is 10.4. The smallest absolute Gasteiger partial charge is 0.142 e. The molecule has 0 atom stereocenters. The van der Waals surface area contributed by atoms with Crippen LogP contribution in [-0.2, 0) is 4.74 Å². The Morgan fingerprint density at radius 2 is 2.40 bits per heavy atom. The molecular weight excluding hydrogens is 305 g/mol. The van der Waals surface area contributed by atoms with Crippen LogP contribution in [0.4, 0.5) is 5.82 Å². The summed E-state index contributed by atoms with van der Waals surface area (Å²) >= 11 is 2.19. The molecule has 0 aromatic carbocycles. The second-order valence-electron chi connectivity index (χ2n) is 2.84. The van der Waals surface area contributed by atoms with Crippen molar-refractivity contribution in [1.82, 2.24) is 9.97 Å². The first-order valence-corrected chi connectivity index (χ1v) is 5.80. The molecule has 1 rings (SSSR count). The number of nitrogens with zero attached hydrogens (tertiary/aromatic N) is 2. The second kappa shape index (κ2) is 7.58. The Labute approximate surface area is 103 Å². The molecule has 1 aromatic heterocycles. The van der Waals surface area contributed by atoms with E-state index in [-0.39, 0.29) is 0 Å². The second-order valence-corrected chi connectivity index (χ2v) is 4.00. The fourth-order valence-corrected chi connectivity index (χ4v) is 1.44. The lowest BCUT2D eigenvalue weighted by Gasteiger charge is -2.06. The van der Waals surface area contributed by atoms with E-state index in [1.54, 1.807) is 6.20 Å². The molecular formula is C10H14IN3O. The molecule has 0 amide bonds. The Bertz CT molecular complexity index is 306. The van der Waals surface area contributed by atoms with Gasteiger partial charge < -0.3 is 10.1 Å². The van der Waals surface area contributed by atoms with Crippen molar-refractivity contribution < 1.29 is 4.74 Å². The minimum atomic E-state index is 0.675. The molecule has 0 unspecified atom stereocenters. The Hall–Kier alpha value is -0.690. The van der Waals surface area contributed by atoms with Gasteiger partial charge in [0.05, 0.1) is 16.8 Å². The topological polar surface area (TPSA) is 47.0 Å². The van der Waals surface area contributed by atoms with Gasteiger partial charge in [-0.3, -0.25) is 0 Å². The largest absolute Gasteiger partial charge is 0.379 e. The van der Waals surface area contributed by atoms with E-state index in [4.69, 9.17) is 4.74 Å². The Morgan fingerprint density at radius 1 is 1.53 bits per heavy atom. The van der Waals surface area contributed by atoms with Crippen LogP contribution in [0.25, 0.3) is 0 Å². The molecule has 0 aliphatic heterocycles. The first-order chi connectivity index (χ1) is 7.34. The SMILES string of the molecule is C=CCCOCCNc1ncncc1I. The van der Waals surface area contributed by atoms with Crippen LogP contribution >= 0.6 is 22.6 Å². The maximum atomic E-state index is 5.36. The third-order valence-electron chi connectivity index (χ3n) is 1.67. The molecule has 0 aliphatic carbocycles. The van der Waals surface area contributed by atoms with Gasteiger partial charge in [-0.25, -0.2) is 9.97 Å². The molecule has 82 valence electrons. The molecule has 0 saturated carbocycles. The van der Waals surface area contributed by atoms with E-state index in [0.717, 1.165) is 29.0 Å². The summed E-state index contributed by atoms with van der Waals surface area (Å²) in [5, 5.41) is 3.18. The summed E-state index contributed by atoms with van der Waals surface area (Å²) in [5.41, 5.74) is 0. The number of aromatic nitrogens is 2. The van der Waals surface area contributed by atoms with Crippen LogP contribution in [0.1, 0.15) is 6.42 Å². The van der Waals surface area contributed by atoms with Crippen LogP contribution in [0.2, 0.25) is 0 Å². The van der Waals surface area contributed by atoms with Crippen LogP contribution in [0.15, 0.2) is 25.2 Å². The summed E-state index contributed by atoms with van der Waals surface area (Å²) in [7, 11) is 0. The molecule has 1 aromatic rings. The third-order valence-corrected chi connectivity index (χ3v) is 2.46. The number of nitrogens with one attached hydrogen (secondary N) is 1. The highest BCUT2D eigenvalue weighted by atomic mass is 127. The van der Waals surface area contributed by atoms with Crippen molar-refractivity contribution in [2.75, 3.05) is 25.1 Å². The van der Waals surface area contributed by atoms with Gasteiger partial charge in [0.2, 0.25) is 0 Å². The highest BCUT2D eigenvalue weighted by Gasteiger charge is 1.98. The first-order valence-electron chi connectivity index (χ1n) is 4.72. The minimum Gasteiger partial charge on any atom is -0.379 e. The van der Waals surface area contributed by atoms with E-state index < -0.39 is 0 Å². The van der Waals surface area contributed by atoms with Crippen LogP contribution < -0.4 is 5.32 Å². The van der Waals surface area contributed by atoms with E-state index in [9.17, 15) is 0 Å². The molecule has 1 N–H and O–H groups in total. The van der Waals surface area contributed by atoms with Crippen molar-refractivity contribution in [2.24, 2.45) is 0 Å². The van der Waals surface area contributed by atoms with Crippen LogP contribution in [0.3, 0.4) is 0 Å². The summed E-state index contributed by atoms with van der Waals surface area (Å²) in [6.45, 7) is 5.78. The van der Waals surface area contributed by atoms with E-state index in [1.165, 1.54) is 6.33 Å². The van der Waals surface area contributed by atoms with Gasteiger partial charge in [-0.05, 0) is 29.0 Å². The van der Waals surface area contributed by atoms with Crippen molar-refractivity contribution in [2.45, 2.75) is 6.42 Å². The lowest BCUT2D eigenvalue weighted by molar-refractivity contribution is 0.149. The van der Waals surface area contributed by atoms with Gasteiger partial charge >= 0.3 is 0 Å². The molecule has 1 heterocycles. The summed E-state index contributed by atoms with van der Waals surface area (Å²) in [6.07, 6.45) is 6.04. The zero-order chi connectivity index (χ0) is 10.9. The number of ether oxygens (including phenoxy) is 1. The van der Waals surface area contributed by atoms with Gasteiger partial charge in [-0.1, -0.05) is 6.08 Å². The Balaban J connectivity index is 2.15.